The number of anilines is 3. The predicted molar refractivity (Wildman–Crippen MR) is 215 cm³/mol. The van der Waals surface area contributed by atoms with Gasteiger partial charge >= 0.3 is 5.97 Å². The van der Waals surface area contributed by atoms with E-state index in [2.05, 4.69) is 37.3 Å². The van der Waals surface area contributed by atoms with Crippen molar-refractivity contribution in [1.29, 1.82) is 0 Å². The van der Waals surface area contributed by atoms with E-state index in [-0.39, 0.29) is 55.5 Å². The molecule has 2 saturated heterocycles. The number of nitrogens with zero attached hydrogens (tertiary/aromatic N) is 8. The molecule has 4 aliphatic rings. The lowest BCUT2D eigenvalue weighted by Crippen LogP contribution is -2.58. The van der Waals surface area contributed by atoms with Crippen molar-refractivity contribution in [2.45, 2.75) is 56.5 Å². The summed E-state index contributed by atoms with van der Waals surface area (Å²) >= 11 is 0. The van der Waals surface area contributed by atoms with Gasteiger partial charge in [-0.15, -0.1) is 10.2 Å². The first-order valence-electron chi connectivity index (χ1n) is 20.2. The highest BCUT2D eigenvalue weighted by Crippen LogP contribution is 2.45. The van der Waals surface area contributed by atoms with E-state index >= 15 is 0 Å². The SMILES string of the molecule is Nc1nnc(-c2ccccc2O)cc1-n1cc(N2CCN(C3CCC(c4cccc5c4OCCN5C4CCC(=O)N(COC(=O)CNC(=O)C[NH3+])C4=O)CC3)CC2=O)cn1. The summed E-state index contributed by atoms with van der Waals surface area (Å²) in [6.07, 6.45) is 7.45. The molecule has 1 atom stereocenters. The smallest absolute Gasteiger partial charge is 0.327 e. The van der Waals surface area contributed by atoms with Crippen molar-refractivity contribution >= 4 is 46.8 Å². The number of hydrogen-bond acceptors (Lipinski definition) is 14. The summed E-state index contributed by atoms with van der Waals surface area (Å²) in [4.78, 5) is 70.7. The highest BCUT2D eigenvalue weighted by molar-refractivity contribution is 6.02. The number of imide groups is 1. The van der Waals surface area contributed by atoms with Crippen molar-refractivity contribution in [1.82, 2.24) is 35.1 Å². The summed E-state index contributed by atoms with van der Waals surface area (Å²) < 4.78 is 13.0. The van der Waals surface area contributed by atoms with Crippen LogP contribution in [0.3, 0.4) is 0 Å². The predicted octanol–water partition coefficient (Wildman–Crippen LogP) is 0.567. The van der Waals surface area contributed by atoms with E-state index < -0.39 is 36.5 Å². The number of para-hydroxylation sites is 2. The summed E-state index contributed by atoms with van der Waals surface area (Å²) in [6, 6.07) is 14.1. The quantitative estimate of drug-likeness (QED) is 0.119. The second-order valence-corrected chi connectivity index (χ2v) is 15.3. The molecule has 7 N–H and O–H groups in total. The van der Waals surface area contributed by atoms with Crippen molar-refractivity contribution in [3.05, 3.63) is 66.5 Å². The fourth-order valence-corrected chi connectivity index (χ4v) is 8.64. The Bertz CT molecular complexity index is 2290. The Kier molecular flexibility index (Phi) is 11.6. The molecule has 314 valence electrons. The highest BCUT2D eigenvalue weighted by atomic mass is 16.5. The van der Waals surface area contributed by atoms with Crippen LogP contribution in [0.15, 0.2) is 60.9 Å². The molecule has 0 bridgehead atoms. The molecule has 4 amide bonds. The van der Waals surface area contributed by atoms with Crippen molar-refractivity contribution in [2.24, 2.45) is 0 Å². The summed E-state index contributed by atoms with van der Waals surface area (Å²) in [7, 11) is 0. The number of hydrogen-bond donors (Lipinski definition) is 4. The van der Waals surface area contributed by atoms with Gasteiger partial charge in [-0.2, -0.15) is 5.10 Å². The number of esters is 1. The molecule has 1 aliphatic carbocycles. The highest BCUT2D eigenvalue weighted by Gasteiger charge is 2.41. The molecule has 19 heteroatoms. The van der Waals surface area contributed by atoms with E-state index in [0.29, 0.717) is 55.3 Å². The molecule has 0 spiro atoms. The van der Waals surface area contributed by atoms with E-state index in [9.17, 15) is 29.1 Å². The van der Waals surface area contributed by atoms with Crippen molar-refractivity contribution in [2.75, 3.05) is 68.1 Å². The monoisotopic (exact) mass is 822 g/mol. The molecule has 8 rings (SSSR count). The molecular weight excluding hydrogens is 775 g/mol. The van der Waals surface area contributed by atoms with Gasteiger partial charge < -0.3 is 41.2 Å². The Morgan fingerprint density at radius 3 is 2.57 bits per heavy atom. The first-order chi connectivity index (χ1) is 29.1. The zero-order valence-electron chi connectivity index (χ0n) is 33.1. The number of phenolic OH excluding ortho intramolecular Hbond substituents is 1. The van der Waals surface area contributed by atoms with Gasteiger partial charge in [0.1, 0.15) is 36.4 Å². The van der Waals surface area contributed by atoms with Gasteiger partial charge in [-0.05, 0) is 67.9 Å². The molecule has 2 aromatic heterocycles. The summed E-state index contributed by atoms with van der Waals surface area (Å²) in [5, 5.41) is 25.4. The number of quaternary nitrogens is 1. The number of carbonyl (C=O) groups is 5. The minimum Gasteiger partial charge on any atom is -0.507 e. The minimum absolute atomic E-state index is 0.0156. The number of phenols is 1. The Balaban J connectivity index is 0.874. The molecule has 2 aromatic carbocycles. The van der Waals surface area contributed by atoms with Crippen LogP contribution in [0, 0.1) is 0 Å². The number of aromatic hydroxyl groups is 1. The normalized spacial score (nSPS) is 21.1. The average molecular weight is 823 g/mol. The Morgan fingerprint density at radius 2 is 1.78 bits per heavy atom. The van der Waals surface area contributed by atoms with Crippen LogP contribution in [0.2, 0.25) is 0 Å². The maximum atomic E-state index is 13.7. The third-order valence-electron chi connectivity index (χ3n) is 11.8. The zero-order chi connectivity index (χ0) is 41.9. The molecule has 1 unspecified atom stereocenters. The van der Waals surface area contributed by atoms with Crippen LogP contribution in [0.1, 0.15) is 50.0 Å². The van der Waals surface area contributed by atoms with Crippen LogP contribution in [0.4, 0.5) is 17.2 Å². The second kappa shape index (κ2) is 17.3. The topological polar surface area (TPSA) is 246 Å². The molecule has 0 radical (unpaired) electrons. The largest absolute Gasteiger partial charge is 0.507 e. The van der Waals surface area contributed by atoms with E-state index in [0.717, 1.165) is 47.6 Å². The first kappa shape index (κ1) is 40.2. The third kappa shape index (κ3) is 8.17. The van der Waals surface area contributed by atoms with E-state index in [1.165, 1.54) is 0 Å². The summed E-state index contributed by atoms with van der Waals surface area (Å²) in [5.41, 5.74) is 13.6. The molecule has 3 aliphatic heterocycles. The Morgan fingerprint density at radius 1 is 0.967 bits per heavy atom. The maximum Gasteiger partial charge on any atom is 0.327 e. The van der Waals surface area contributed by atoms with Crippen LogP contribution in [0.25, 0.3) is 16.9 Å². The number of benzene rings is 2. The standard InChI is InChI=1S/C41H47N11O8/c42-19-35(54)44-21-38(57)60-24-51-36(55)13-12-32(41(51)58)50-16-17-59-39-28(5-3-6-31(39)50)25-8-10-26(11-9-25)48-14-15-49(37(56)23-48)27-20-45-52(22-27)33-18-30(46-47-40(33)43)29-4-1-2-7-34(29)53/h1-7,18,20,22,25-26,32,53H,8-17,19,21,23-24,42H2,(H2,43,47)(H,44,54)/p+1. The number of aromatic nitrogens is 4. The van der Waals surface area contributed by atoms with Gasteiger partial charge in [0.05, 0.1) is 42.6 Å². The van der Waals surface area contributed by atoms with E-state index in [1.54, 1.807) is 52.3 Å². The fourth-order valence-electron chi connectivity index (χ4n) is 8.64. The zero-order valence-corrected chi connectivity index (χ0v) is 33.1. The number of piperazine rings is 1. The van der Waals surface area contributed by atoms with Crippen LogP contribution < -0.4 is 31.3 Å². The lowest BCUT2D eigenvalue weighted by molar-refractivity contribution is -0.355. The van der Waals surface area contributed by atoms with Crippen molar-refractivity contribution in [3.8, 4) is 28.4 Å². The van der Waals surface area contributed by atoms with Gasteiger partial charge in [-0.1, -0.05) is 24.3 Å². The number of nitrogens with one attached hydrogen (secondary N) is 1. The molecule has 4 aromatic rings. The average Bonchev–Trinajstić information content (AvgIpc) is 3.75. The summed E-state index contributed by atoms with van der Waals surface area (Å²) in [6.45, 7) is 1.39. The number of amides is 4. The molecule has 19 nitrogen and oxygen atoms in total. The lowest BCUT2D eigenvalue weighted by atomic mass is 9.80. The van der Waals surface area contributed by atoms with Crippen LogP contribution in [-0.4, -0.2) is 129 Å². The fraction of sp³-hybridized carbons (Fsp3) is 0.415. The number of carbonyl (C=O) groups excluding carboxylic acids is 5. The molecule has 60 heavy (non-hydrogen) atoms. The molecule has 5 heterocycles. The maximum absolute atomic E-state index is 13.7. The van der Waals surface area contributed by atoms with Gasteiger partial charge in [0.25, 0.3) is 11.8 Å². The number of nitrogens with two attached hydrogens (primary N) is 1. The Hall–Kier alpha value is -6.60. The van der Waals surface area contributed by atoms with Gasteiger partial charge in [-0.25, -0.2) is 9.58 Å². The first-order valence-corrected chi connectivity index (χ1v) is 20.2. The lowest BCUT2D eigenvalue weighted by Gasteiger charge is -2.43. The number of piperidine rings is 1. The van der Waals surface area contributed by atoms with Crippen LogP contribution in [0.5, 0.6) is 11.5 Å². The van der Waals surface area contributed by atoms with Gasteiger partial charge in [0.2, 0.25) is 11.8 Å². The van der Waals surface area contributed by atoms with Crippen LogP contribution >= 0.6 is 0 Å². The van der Waals surface area contributed by atoms with Gasteiger partial charge in [0, 0.05) is 31.1 Å². The van der Waals surface area contributed by atoms with Gasteiger partial charge in [0.15, 0.2) is 19.1 Å². The van der Waals surface area contributed by atoms with E-state index in [4.69, 9.17) is 15.2 Å². The molecule has 3 fully saturated rings. The third-order valence-corrected chi connectivity index (χ3v) is 11.8. The van der Waals surface area contributed by atoms with Crippen molar-refractivity contribution in [3.63, 3.8) is 0 Å². The van der Waals surface area contributed by atoms with Crippen molar-refractivity contribution < 1.29 is 44.3 Å². The number of nitrogen functional groups attached to an aromatic ring is 1. The summed E-state index contributed by atoms with van der Waals surface area (Å²) in [5.74, 6) is -0.861. The van der Waals surface area contributed by atoms with Crippen LogP contribution in [-0.2, 0) is 28.7 Å². The second-order valence-electron chi connectivity index (χ2n) is 15.3. The van der Waals surface area contributed by atoms with E-state index in [1.807, 2.05) is 17.0 Å². The number of likely N-dealkylation sites (tertiary alicyclic amines) is 1. The minimum atomic E-state index is -0.762. The number of ether oxygens (including phenoxy) is 2. The number of fused-ring (bicyclic) bond motifs is 1. The van der Waals surface area contributed by atoms with Gasteiger partial charge in [-0.3, -0.25) is 28.9 Å². The Labute approximate surface area is 345 Å². The number of rotatable bonds is 11. The molecule has 1 saturated carbocycles. The molecular formula is C41H48N11O8+.